The maximum atomic E-state index is 10.8. The van der Waals surface area contributed by atoms with Gasteiger partial charge in [0.2, 0.25) is 5.95 Å². The fourth-order valence-electron chi connectivity index (χ4n) is 2.22. The summed E-state index contributed by atoms with van der Waals surface area (Å²) in [5.74, 6) is -0.449. The van der Waals surface area contributed by atoms with E-state index in [0.717, 1.165) is 16.5 Å². The Morgan fingerprint density at radius 3 is 2.30 bits per heavy atom. The van der Waals surface area contributed by atoms with Gasteiger partial charge in [-0.15, -0.1) is 0 Å². The van der Waals surface area contributed by atoms with Crippen molar-refractivity contribution in [3.8, 4) is 0 Å². The Hall–Kier alpha value is -3.41. The van der Waals surface area contributed by atoms with Crippen molar-refractivity contribution < 1.29 is 9.90 Å². The lowest BCUT2D eigenvalue weighted by atomic mass is 10.1. The van der Waals surface area contributed by atoms with Gasteiger partial charge in [-0.3, -0.25) is 0 Å². The van der Waals surface area contributed by atoms with E-state index in [1.165, 1.54) is 0 Å². The zero-order valence-electron chi connectivity index (χ0n) is 12.1. The fraction of sp³-hybridized carbons (Fsp3) is 0. The average Bonchev–Trinajstić information content (AvgIpc) is 2.53. The van der Waals surface area contributed by atoms with Crippen LogP contribution < -0.4 is 11.5 Å². The predicted molar refractivity (Wildman–Crippen MR) is 90.7 cm³/mol. The van der Waals surface area contributed by atoms with E-state index in [2.05, 4.69) is 9.97 Å². The number of nitrogens with zero attached hydrogens (tertiary/aromatic N) is 2. The lowest BCUT2D eigenvalue weighted by molar-refractivity contribution is 0.0697. The summed E-state index contributed by atoms with van der Waals surface area (Å²) >= 11 is 0. The van der Waals surface area contributed by atoms with Gasteiger partial charge in [-0.2, -0.15) is 4.98 Å². The number of fused-ring (bicyclic) bond motifs is 1. The number of aromatic carboxylic acids is 1. The summed E-state index contributed by atoms with van der Waals surface area (Å²) in [6.45, 7) is 0. The first-order chi connectivity index (χ1) is 11.0. The molecule has 6 nitrogen and oxygen atoms in total. The molecule has 5 N–H and O–H groups in total. The zero-order valence-corrected chi connectivity index (χ0v) is 12.1. The number of nitrogen functional groups attached to an aromatic ring is 2. The number of carbonyl (C=O) groups is 1. The van der Waals surface area contributed by atoms with Crippen molar-refractivity contribution in [1.29, 1.82) is 0 Å². The van der Waals surface area contributed by atoms with E-state index < -0.39 is 5.97 Å². The summed E-state index contributed by atoms with van der Waals surface area (Å²) in [5.41, 5.74) is 14.2. The number of carboxylic acids is 1. The summed E-state index contributed by atoms with van der Waals surface area (Å²) in [4.78, 5) is 18.9. The predicted octanol–water partition coefficient (Wildman–Crippen LogP) is 2.66. The monoisotopic (exact) mass is 306 g/mol. The highest BCUT2D eigenvalue weighted by Crippen LogP contribution is 2.21. The molecule has 0 atom stereocenters. The topological polar surface area (TPSA) is 115 Å². The molecule has 1 aromatic heterocycles. The van der Waals surface area contributed by atoms with Crippen LogP contribution in [0.5, 0.6) is 0 Å². The van der Waals surface area contributed by atoms with Crippen LogP contribution in [0.1, 0.15) is 21.5 Å². The molecule has 114 valence electrons. The molecule has 3 rings (SSSR count). The quantitative estimate of drug-likeness (QED) is 0.641. The van der Waals surface area contributed by atoms with Gasteiger partial charge in [0, 0.05) is 5.39 Å². The van der Waals surface area contributed by atoms with Crippen molar-refractivity contribution in [2.24, 2.45) is 0 Å². The number of nitrogens with two attached hydrogens (primary N) is 2. The molecule has 1 heterocycles. The Balaban J connectivity index is 1.90. The molecule has 23 heavy (non-hydrogen) atoms. The molecule has 0 aliphatic heterocycles. The second-order valence-corrected chi connectivity index (χ2v) is 5.00. The van der Waals surface area contributed by atoms with Crippen LogP contribution in [0.15, 0.2) is 42.5 Å². The number of hydrogen-bond acceptors (Lipinski definition) is 5. The van der Waals surface area contributed by atoms with Gasteiger partial charge in [0.15, 0.2) is 0 Å². The Bertz CT molecular complexity index is 918. The van der Waals surface area contributed by atoms with Crippen LogP contribution in [0.4, 0.5) is 11.8 Å². The molecule has 0 spiro atoms. The molecule has 0 bridgehead atoms. The Morgan fingerprint density at radius 1 is 0.957 bits per heavy atom. The minimum absolute atomic E-state index is 0.150. The molecule has 3 aromatic rings. The van der Waals surface area contributed by atoms with Crippen LogP contribution >= 0.6 is 0 Å². The molecular weight excluding hydrogens is 292 g/mol. The van der Waals surface area contributed by atoms with Crippen LogP contribution in [0.2, 0.25) is 0 Å². The normalized spacial score (nSPS) is 11.1. The number of aromatic nitrogens is 2. The van der Waals surface area contributed by atoms with Gasteiger partial charge in [-0.25, -0.2) is 9.78 Å². The molecule has 0 unspecified atom stereocenters. The molecule has 0 aliphatic carbocycles. The third kappa shape index (κ3) is 3.11. The second kappa shape index (κ2) is 5.76. The van der Waals surface area contributed by atoms with Gasteiger partial charge in [-0.1, -0.05) is 30.4 Å². The third-order valence-corrected chi connectivity index (χ3v) is 3.39. The molecule has 0 aliphatic rings. The van der Waals surface area contributed by atoms with Gasteiger partial charge in [0.1, 0.15) is 5.82 Å². The first kappa shape index (κ1) is 14.5. The third-order valence-electron chi connectivity index (χ3n) is 3.39. The van der Waals surface area contributed by atoms with Gasteiger partial charge >= 0.3 is 5.97 Å². The fourth-order valence-corrected chi connectivity index (χ4v) is 2.22. The van der Waals surface area contributed by atoms with Gasteiger partial charge in [0.05, 0.1) is 11.1 Å². The molecule has 0 saturated heterocycles. The molecule has 0 radical (unpaired) electrons. The SMILES string of the molecule is Nc1nc(N)c2cc(C=Cc3ccc(C(=O)O)cc3)ccc2n1. The molecular formula is C17H14N4O2. The number of anilines is 2. The van der Waals surface area contributed by atoms with E-state index in [9.17, 15) is 4.79 Å². The van der Waals surface area contributed by atoms with Crippen LogP contribution in [-0.2, 0) is 0 Å². The van der Waals surface area contributed by atoms with Crippen molar-refractivity contribution in [1.82, 2.24) is 9.97 Å². The van der Waals surface area contributed by atoms with Crippen molar-refractivity contribution in [3.63, 3.8) is 0 Å². The molecule has 0 amide bonds. The molecule has 2 aromatic carbocycles. The second-order valence-electron chi connectivity index (χ2n) is 5.00. The number of benzene rings is 2. The van der Waals surface area contributed by atoms with Crippen LogP contribution in [0.25, 0.3) is 23.1 Å². The highest BCUT2D eigenvalue weighted by atomic mass is 16.4. The molecule has 6 heteroatoms. The maximum absolute atomic E-state index is 10.8. The van der Waals surface area contributed by atoms with Crippen molar-refractivity contribution >= 4 is 40.8 Å². The molecule has 0 saturated carbocycles. The number of carboxylic acid groups (broad SMARTS) is 1. The zero-order chi connectivity index (χ0) is 16.4. The van der Waals surface area contributed by atoms with Crippen molar-refractivity contribution in [2.45, 2.75) is 0 Å². The van der Waals surface area contributed by atoms with Crippen LogP contribution in [-0.4, -0.2) is 21.0 Å². The van der Waals surface area contributed by atoms with Crippen molar-refractivity contribution in [2.75, 3.05) is 11.5 Å². The van der Waals surface area contributed by atoms with Crippen LogP contribution in [0.3, 0.4) is 0 Å². The summed E-state index contributed by atoms with van der Waals surface area (Å²) in [7, 11) is 0. The van der Waals surface area contributed by atoms with Gasteiger partial charge in [-0.05, 0) is 35.4 Å². The number of hydrogen-bond donors (Lipinski definition) is 3. The Labute approximate surface area is 132 Å². The summed E-state index contributed by atoms with van der Waals surface area (Å²) in [5, 5.41) is 9.62. The van der Waals surface area contributed by atoms with E-state index in [4.69, 9.17) is 16.6 Å². The smallest absolute Gasteiger partial charge is 0.335 e. The molecule has 0 fully saturated rings. The lowest BCUT2D eigenvalue weighted by Crippen LogP contribution is -2.00. The van der Waals surface area contributed by atoms with Gasteiger partial charge in [0.25, 0.3) is 0 Å². The van der Waals surface area contributed by atoms with Crippen LogP contribution in [0, 0.1) is 0 Å². The van der Waals surface area contributed by atoms with E-state index >= 15 is 0 Å². The minimum Gasteiger partial charge on any atom is -0.478 e. The Morgan fingerprint density at radius 2 is 1.61 bits per heavy atom. The highest BCUT2D eigenvalue weighted by molar-refractivity contribution is 5.91. The highest BCUT2D eigenvalue weighted by Gasteiger charge is 2.03. The largest absolute Gasteiger partial charge is 0.478 e. The maximum Gasteiger partial charge on any atom is 0.335 e. The standard InChI is InChI=1S/C17H14N4O2/c18-15-13-9-11(5-8-14(13)20-17(19)21-15)2-1-10-3-6-12(7-4-10)16(22)23/h1-9H,(H,22,23)(H4,18,19,20,21). The van der Waals surface area contributed by atoms with E-state index in [0.29, 0.717) is 11.3 Å². The van der Waals surface area contributed by atoms with Gasteiger partial charge < -0.3 is 16.6 Å². The minimum atomic E-state index is -0.940. The first-order valence-electron chi connectivity index (χ1n) is 6.87. The van der Waals surface area contributed by atoms with Crippen molar-refractivity contribution in [3.05, 3.63) is 59.2 Å². The van der Waals surface area contributed by atoms with E-state index in [1.54, 1.807) is 24.3 Å². The summed E-state index contributed by atoms with van der Waals surface area (Å²) in [6.07, 6.45) is 3.80. The lowest BCUT2D eigenvalue weighted by Gasteiger charge is -2.03. The first-order valence-corrected chi connectivity index (χ1v) is 6.87. The number of rotatable bonds is 3. The summed E-state index contributed by atoms with van der Waals surface area (Å²) in [6, 6.07) is 12.2. The average molecular weight is 306 g/mol. The van der Waals surface area contributed by atoms with E-state index in [-0.39, 0.29) is 11.5 Å². The van der Waals surface area contributed by atoms with E-state index in [1.807, 2.05) is 30.4 Å². The summed E-state index contributed by atoms with van der Waals surface area (Å²) < 4.78 is 0. The Kier molecular flexibility index (Phi) is 3.64.